The molecule has 1 aromatic carbocycles. The van der Waals surface area contributed by atoms with Crippen molar-refractivity contribution in [2.24, 2.45) is 0 Å². The number of nitrogen functional groups attached to an aromatic ring is 1. The van der Waals surface area contributed by atoms with E-state index in [2.05, 4.69) is 20.5 Å². The number of amides is 1. The molecule has 0 unspecified atom stereocenters. The van der Waals surface area contributed by atoms with Crippen molar-refractivity contribution in [2.75, 3.05) is 23.9 Å². The summed E-state index contributed by atoms with van der Waals surface area (Å²) in [6.07, 6.45) is 1.83. The summed E-state index contributed by atoms with van der Waals surface area (Å²) in [5.74, 6) is -0.509. The van der Waals surface area contributed by atoms with Gasteiger partial charge >= 0.3 is 5.97 Å². The Labute approximate surface area is 156 Å². The predicted molar refractivity (Wildman–Crippen MR) is 100 cm³/mol. The lowest BCUT2D eigenvalue weighted by atomic mass is 10.2. The fourth-order valence-corrected chi connectivity index (χ4v) is 3.64. The van der Waals surface area contributed by atoms with E-state index in [-0.39, 0.29) is 24.4 Å². The van der Waals surface area contributed by atoms with Gasteiger partial charge in [-0.15, -0.1) is 10.2 Å². The highest BCUT2D eigenvalue weighted by atomic mass is 32.2. The maximum absolute atomic E-state index is 12.3. The van der Waals surface area contributed by atoms with Gasteiger partial charge in [0.25, 0.3) is 0 Å². The van der Waals surface area contributed by atoms with Gasteiger partial charge in [-0.3, -0.25) is 9.36 Å². The third-order valence-corrected chi connectivity index (χ3v) is 4.98. The van der Waals surface area contributed by atoms with Crippen LogP contribution in [0.5, 0.6) is 0 Å². The lowest BCUT2D eigenvalue weighted by Gasteiger charge is -2.05. The molecule has 0 saturated carbocycles. The molecule has 0 saturated heterocycles. The summed E-state index contributed by atoms with van der Waals surface area (Å²) >= 11 is 2.62. The second-order valence-corrected chi connectivity index (χ2v) is 6.91. The van der Waals surface area contributed by atoms with Crippen LogP contribution in [0.2, 0.25) is 0 Å². The Morgan fingerprint density at radius 3 is 2.92 bits per heavy atom. The quantitative estimate of drug-likeness (QED) is 0.482. The highest BCUT2D eigenvalue weighted by molar-refractivity contribution is 7.98. The summed E-state index contributed by atoms with van der Waals surface area (Å²) < 4.78 is 7.28. The van der Waals surface area contributed by atoms with Gasteiger partial charge in [0, 0.05) is 0 Å². The molecular weight excluding hydrogens is 376 g/mol. The Bertz CT molecular complexity index is 968. The van der Waals surface area contributed by atoms with Crippen LogP contribution in [0, 0.1) is 0 Å². The van der Waals surface area contributed by atoms with Crippen LogP contribution in [0.25, 0.3) is 10.2 Å². The van der Waals surface area contributed by atoms with E-state index in [9.17, 15) is 9.59 Å². The molecule has 0 radical (unpaired) electrons. The first-order chi connectivity index (χ1) is 12.5. The third-order valence-electron chi connectivity index (χ3n) is 3.38. The zero-order valence-corrected chi connectivity index (χ0v) is 15.7. The highest BCUT2D eigenvalue weighted by Gasteiger charge is 2.15. The summed E-state index contributed by atoms with van der Waals surface area (Å²) in [5, 5.41) is 11.4. The number of nitrogens with zero attached hydrogens (tertiary/aromatic N) is 4. The summed E-state index contributed by atoms with van der Waals surface area (Å²) in [4.78, 5) is 28.4. The van der Waals surface area contributed by atoms with E-state index in [0.717, 1.165) is 4.70 Å². The fourth-order valence-electron chi connectivity index (χ4n) is 2.22. The van der Waals surface area contributed by atoms with Gasteiger partial charge in [0.15, 0.2) is 10.3 Å². The average Bonchev–Trinajstić information content (AvgIpc) is 3.17. The number of thioether (sulfide) groups is 1. The first-order valence-corrected chi connectivity index (χ1v) is 9.66. The van der Waals surface area contributed by atoms with Crippen molar-refractivity contribution in [3.63, 3.8) is 0 Å². The molecule has 0 aliphatic rings. The summed E-state index contributed by atoms with van der Waals surface area (Å²) in [6.45, 7) is 2.05. The molecule has 0 aliphatic heterocycles. The van der Waals surface area contributed by atoms with Gasteiger partial charge in [0.2, 0.25) is 11.9 Å². The fraction of sp³-hybridized carbons (Fsp3) is 0.267. The maximum atomic E-state index is 12.3. The van der Waals surface area contributed by atoms with Crippen molar-refractivity contribution in [1.82, 2.24) is 19.7 Å². The van der Waals surface area contributed by atoms with E-state index in [1.54, 1.807) is 25.1 Å². The molecule has 0 spiro atoms. The number of benzene rings is 1. The zero-order valence-electron chi connectivity index (χ0n) is 14.1. The topological polar surface area (TPSA) is 125 Å². The SMILES string of the molecule is CCOC(=O)c1ccc2nc(NC(=O)Cn3c(N)nnc3SC)sc2c1. The molecule has 2 aromatic heterocycles. The normalized spacial score (nSPS) is 10.8. The number of rotatable bonds is 6. The van der Waals surface area contributed by atoms with E-state index in [0.29, 0.717) is 28.0 Å². The molecule has 3 N–H and O–H groups in total. The van der Waals surface area contributed by atoms with Crippen molar-refractivity contribution < 1.29 is 14.3 Å². The largest absolute Gasteiger partial charge is 0.462 e. The van der Waals surface area contributed by atoms with Crippen LogP contribution >= 0.6 is 23.1 Å². The van der Waals surface area contributed by atoms with Crippen molar-refractivity contribution >= 4 is 56.3 Å². The number of nitrogens with one attached hydrogen (secondary N) is 1. The summed E-state index contributed by atoms with van der Waals surface area (Å²) in [5.41, 5.74) is 6.86. The predicted octanol–water partition coefficient (Wildman–Crippen LogP) is 2.01. The second kappa shape index (κ2) is 7.70. The Kier molecular flexibility index (Phi) is 5.38. The third kappa shape index (κ3) is 3.78. The van der Waals surface area contributed by atoms with Crippen LogP contribution < -0.4 is 11.1 Å². The second-order valence-electron chi connectivity index (χ2n) is 5.10. The molecule has 11 heteroatoms. The van der Waals surface area contributed by atoms with Crippen LogP contribution in [0.3, 0.4) is 0 Å². The monoisotopic (exact) mass is 392 g/mol. The lowest BCUT2D eigenvalue weighted by molar-refractivity contribution is -0.116. The van der Waals surface area contributed by atoms with Crippen LogP contribution in [0.15, 0.2) is 23.4 Å². The maximum Gasteiger partial charge on any atom is 0.338 e. The van der Waals surface area contributed by atoms with E-state index in [4.69, 9.17) is 10.5 Å². The Balaban J connectivity index is 1.75. The minimum Gasteiger partial charge on any atom is -0.462 e. The molecule has 0 aliphatic carbocycles. The Morgan fingerprint density at radius 2 is 2.19 bits per heavy atom. The van der Waals surface area contributed by atoms with Crippen LogP contribution in [-0.4, -0.2) is 44.5 Å². The number of nitrogens with two attached hydrogens (primary N) is 1. The highest BCUT2D eigenvalue weighted by Crippen LogP contribution is 2.27. The van der Waals surface area contributed by atoms with Crippen molar-refractivity contribution in [3.8, 4) is 0 Å². The number of ether oxygens (including phenoxy) is 1. The van der Waals surface area contributed by atoms with Gasteiger partial charge in [-0.2, -0.15) is 0 Å². The van der Waals surface area contributed by atoms with Gasteiger partial charge < -0.3 is 15.8 Å². The zero-order chi connectivity index (χ0) is 18.7. The molecule has 3 aromatic rings. The standard InChI is InChI=1S/C15H16N6O3S2/c1-3-24-12(23)8-4-5-9-10(6-8)26-14(17-9)18-11(22)7-21-13(16)19-20-15(21)25-2/h4-6H,3,7H2,1-2H3,(H2,16,19)(H,17,18,22). The number of fused-ring (bicyclic) bond motifs is 1. The molecule has 9 nitrogen and oxygen atoms in total. The number of carbonyl (C=O) groups is 2. The molecule has 0 fully saturated rings. The van der Waals surface area contributed by atoms with Gasteiger partial charge in [-0.05, 0) is 31.4 Å². The number of carbonyl (C=O) groups excluding carboxylic acids is 2. The number of thiazole rings is 1. The molecule has 26 heavy (non-hydrogen) atoms. The molecule has 1 amide bonds. The van der Waals surface area contributed by atoms with Gasteiger partial charge in [-0.1, -0.05) is 23.1 Å². The Morgan fingerprint density at radius 1 is 1.38 bits per heavy atom. The van der Waals surface area contributed by atoms with E-state index in [1.165, 1.54) is 27.7 Å². The van der Waals surface area contributed by atoms with Crippen LogP contribution in [0.4, 0.5) is 11.1 Å². The van der Waals surface area contributed by atoms with Crippen LogP contribution in [-0.2, 0) is 16.1 Å². The van der Waals surface area contributed by atoms with Crippen molar-refractivity contribution in [1.29, 1.82) is 0 Å². The number of aromatic nitrogens is 4. The van der Waals surface area contributed by atoms with E-state index in [1.807, 2.05) is 6.26 Å². The lowest BCUT2D eigenvalue weighted by Crippen LogP contribution is -2.20. The molecular formula is C15H16N6O3S2. The average molecular weight is 392 g/mol. The number of esters is 1. The summed E-state index contributed by atoms with van der Waals surface area (Å²) in [7, 11) is 0. The Hall–Kier alpha value is -2.66. The molecule has 3 rings (SSSR count). The van der Waals surface area contributed by atoms with Crippen LogP contribution in [0.1, 0.15) is 17.3 Å². The first kappa shape index (κ1) is 18.1. The van der Waals surface area contributed by atoms with Crippen molar-refractivity contribution in [2.45, 2.75) is 18.6 Å². The van der Waals surface area contributed by atoms with Crippen molar-refractivity contribution in [3.05, 3.63) is 23.8 Å². The minimum absolute atomic E-state index is 0.0149. The molecule has 136 valence electrons. The van der Waals surface area contributed by atoms with Gasteiger partial charge in [-0.25, -0.2) is 9.78 Å². The number of hydrogen-bond acceptors (Lipinski definition) is 9. The van der Waals surface area contributed by atoms with Gasteiger partial charge in [0.1, 0.15) is 6.54 Å². The molecule has 2 heterocycles. The van der Waals surface area contributed by atoms with E-state index < -0.39 is 0 Å². The number of anilines is 2. The molecule has 0 bridgehead atoms. The smallest absolute Gasteiger partial charge is 0.338 e. The number of hydrogen-bond donors (Lipinski definition) is 2. The van der Waals surface area contributed by atoms with E-state index >= 15 is 0 Å². The first-order valence-electron chi connectivity index (χ1n) is 7.62. The van der Waals surface area contributed by atoms with Gasteiger partial charge in [0.05, 0.1) is 22.4 Å². The summed E-state index contributed by atoms with van der Waals surface area (Å²) in [6, 6.07) is 5.07. The molecule has 0 atom stereocenters. The minimum atomic E-state index is -0.388.